The van der Waals surface area contributed by atoms with Crippen LogP contribution < -0.4 is 16.0 Å². The first-order valence-electron chi connectivity index (χ1n) is 9.72. The minimum Gasteiger partial charge on any atom is -0.356 e. The Morgan fingerprint density at radius 3 is 2.39 bits per heavy atom. The van der Waals surface area contributed by atoms with Crippen LogP contribution in [0.1, 0.15) is 37.7 Å². The number of carbonyl (C=O) groups excluding carboxylic acids is 4. The van der Waals surface area contributed by atoms with Crippen LogP contribution in [-0.4, -0.2) is 53.8 Å². The summed E-state index contributed by atoms with van der Waals surface area (Å²) in [6.07, 6.45) is 3.35. The third kappa shape index (κ3) is 4.68. The highest BCUT2D eigenvalue weighted by atomic mass is 16.2. The van der Waals surface area contributed by atoms with Gasteiger partial charge in [0.2, 0.25) is 11.8 Å². The molecule has 0 bridgehead atoms. The van der Waals surface area contributed by atoms with E-state index in [1.807, 2.05) is 30.3 Å². The molecule has 1 aromatic carbocycles. The molecule has 1 saturated heterocycles. The maximum absolute atomic E-state index is 12.3. The van der Waals surface area contributed by atoms with Gasteiger partial charge in [0, 0.05) is 26.1 Å². The fraction of sp³-hybridized carbons (Fsp3) is 0.500. The molecule has 0 atom stereocenters. The second-order valence-electron chi connectivity index (χ2n) is 7.29. The molecule has 1 heterocycles. The maximum atomic E-state index is 12.3. The zero-order valence-electron chi connectivity index (χ0n) is 15.8. The van der Waals surface area contributed by atoms with E-state index in [1.54, 1.807) is 0 Å². The average molecular weight is 386 g/mol. The van der Waals surface area contributed by atoms with Crippen molar-refractivity contribution in [3.05, 3.63) is 35.9 Å². The first kappa shape index (κ1) is 19.9. The average Bonchev–Trinajstić information content (AvgIpc) is 2.90. The van der Waals surface area contributed by atoms with Crippen molar-refractivity contribution in [2.24, 2.45) is 0 Å². The number of amides is 5. The number of rotatable bonds is 9. The molecule has 150 valence electrons. The second kappa shape index (κ2) is 8.86. The van der Waals surface area contributed by atoms with E-state index in [9.17, 15) is 19.2 Å². The lowest BCUT2D eigenvalue weighted by Crippen LogP contribution is -2.52. The largest absolute Gasteiger partial charge is 0.356 e. The van der Waals surface area contributed by atoms with Crippen LogP contribution in [0.4, 0.5) is 4.79 Å². The number of nitrogens with zero attached hydrogens (tertiary/aromatic N) is 1. The van der Waals surface area contributed by atoms with E-state index < -0.39 is 5.54 Å². The Morgan fingerprint density at radius 2 is 1.75 bits per heavy atom. The lowest BCUT2D eigenvalue weighted by Gasteiger charge is -2.34. The molecule has 1 spiro atoms. The van der Waals surface area contributed by atoms with Crippen LogP contribution in [0.3, 0.4) is 0 Å². The number of nitrogens with one attached hydrogen (secondary N) is 3. The highest BCUT2D eigenvalue weighted by Gasteiger charge is 2.54. The summed E-state index contributed by atoms with van der Waals surface area (Å²) in [6.45, 7) is 0.939. The van der Waals surface area contributed by atoms with Crippen molar-refractivity contribution in [1.82, 2.24) is 20.9 Å². The van der Waals surface area contributed by atoms with E-state index in [0.717, 1.165) is 12.0 Å². The van der Waals surface area contributed by atoms with Crippen molar-refractivity contribution in [2.75, 3.05) is 19.6 Å². The van der Waals surface area contributed by atoms with Crippen LogP contribution in [0.2, 0.25) is 0 Å². The van der Waals surface area contributed by atoms with Gasteiger partial charge in [0.15, 0.2) is 0 Å². The monoisotopic (exact) mass is 386 g/mol. The maximum Gasteiger partial charge on any atom is 0.325 e. The number of hydrogen-bond donors (Lipinski definition) is 3. The van der Waals surface area contributed by atoms with Gasteiger partial charge in [-0.25, -0.2) is 4.79 Å². The van der Waals surface area contributed by atoms with Gasteiger partial charge in [-0.05, 0) is 31.2 Å². The predicted octanol–water partition coefficient (Wildman–Crippen LogP) is 0.716. The zero-order chi connectivity index (χ0) is 20.0. The topological polar surface area (TPSA) is 108 Å². The van der Waals surface area contributed by atoms with Crippen molar-refractivity contribution < 1.29 is 19.2 Å². The number of imide groups is 1. The van der Waals surface area contributed by atoms with E-state index in [0.29, 0.717) is 32.4 Å². The Morgan fingerprint density at radius 1 is 1.04 bits per heavy atom. The van der Waals surface area contributed by atoms with Gasteiger partial charge in [-0.2, -0.15) is 0 Å². The summed E-state index contributed by atoms with van der Waals surface area (Å²) in [4.78, 5) is 49.1. The molecule has 0 aromatic heterocycles. The fourth-order valence-electron chi connectivity index (χ4n) is 3.46. The van der Waals surface area contributed by atoms with E-state index in [1.165, 1.54) is 4.90 Å². The minimum absolute atomic E-state index is 0.123. The molecule has 1 saturated carbocycles. The lowest BCUT2D eigenvalue weighted by molar-refractivity contribution is -0.134. The van der Waals surface area contributed by atoms with Gasteiger partial charge in [-0.3, -0.25) is 19.3 Å². The van der Waals surface area contributed by atoms with E-state index in [4.69, 9.17) is 0 Å². The molecule has 0 unspecified atom stereocenters. The summed E-state index contributed by atoms with van der Waals surface area (Å²) in [7, 11) is 0. The van der Waals surface area contributed by atoms with Gasteiger partial charge in [-0.15, -0.1) is 0 Å². The minimum atomic E-state index is -0.654. The third-order valence-corrected chi connectivity index (χ3v) is 5.22. The van der Waals surface area contributed by atoms with Crippen LogP contribution in [-0.2, 0) is 20.8 Å². The highest BCUT2D eigenvalue weighted by molar-refractivity contribution is 6.07. The smallest absolute Gasteiger partial charge is 0.325 e. The van der Waals surface area contributed by atoms with Crippen LogP contribution in [0.25, 0.3) is 0 Å². The predicted molar refractivity (Wildman–Crippen MR) is 102 cm³/mol. The summed E-state index contributed by atoms with van der Waals surface area (Å²) in [6, 6.07) is 9.07. The summed E-state index contributed by atoms with van der Waals surface area (Å²) in [5.74, 6) is -0.439. The van der Waals surface area contributed by atoms with E-state index >= 15 is 0 Å². The summed E-state index contributed by atoms with van der Waals surface area (Å²) in [5.41, 5.74) is 0.270. The Balaban J connectivity index is 1.26. The van der Waals surface area contributed by atoms with Crippen molar-refractivity contribution in [1.29, 1.82) is 0 Å². The molecular formula is C20H26N4O4. The van der Waals surface area contributed by atoms with Gasteiger partial charge in [0.25, 0.3) is 5.91 Å². The molecular weight excluding hydrogens is 360 g/mol. The number of hydrogen-bond acceptors (Lipinski definition) is 4. The van der Waals surface area contributed by atoms with Crippen molar-refractivity contribution in [2.45, 2.75) is 44.1 Å². The van der Waals surface area contributed by atoms with Crippen LogP contribution in [0.15, 0.2) is 30.3 Å². The van der Waals surface area contributed by atoms with Crippen molar-refractivity contribution in [3.8, 4) is 0 Å². The molecule has 1 aliphatic carbocycles. The first-order valence-corrected chi connectivity index (χ1v) is 9.72. The van der Waals surface area contributed by atoms with Crippen LogP contribution in [0.5, 0.6) is 0 Å². The molecule has 1 aliphatic heterocycles. The molecule has 2 aliphatic rings. The number of benzene rings is 1. The molecule has 8 nitrogen and oxygen atoms in total. The quantitative estimate of drug-likeness (QED) is 0.429. The Labute approximate surface area is 164 Å². The molecule has 8 heteroatoms. The molecule has 0 radical (unpaired) electrons. The molecule has 28 heavy (non-hydrogen) atoms. The summed E-state index contributed by atoms with van der Waals surface area (Å²) in [5, 5.41) is 8.26. The normalized spacial score (nSPS) is 17.2. The highest BCUT2D eigenvalue weighted by Crippen LogP contribution is 2.37. The Kier molecular flexibility index (Phi) is 6.28. The molecule has 3 N–H and O–H groups in total. The van der Waals surface area contributed by atoms with Crippen molar-refractivity contribution in [3.63, 3.8) is 0 Å². The first-order chi connectivity index (χ1) is 13.5. The SMILES string of the molecule is O=C(CCNC(=O)Cc1ccccc1)NCCCN1C(=O)NC2(CCC2)C1=O. The number of urea groups is 1. The zero-order valence-corrected chi connectivity index (χ0v) is 15.8. The Bertz CT molecular complexity index is 746. The number of carbonyl (C=O) groups is 4. The summed E-state index contributed by atoms with van der Waals surface area (Å²) < 4.78 is 0. The van der Waals surface area contributed by atoms with Gasteiger partial charge >= 0.3 is 6.03 Å². The van der Waals surface area contributed by atoms with Gasteiger partial charge < -0.3 is 16.0 Å². The van der Waals surface area contributed by atoms with Crippen molar-refractivity contribution >= 4 is 23.8 Å². The van der Waals surface area contributed by atoms with E-state index in [2.05, 4.69) is 16.0 Å². The third-order valence-electron chi connectivity index (χ3n) is 5.22. The Hall–Kier alpha value is -2.90. The summed E-state index contributed by atoms with van der Waals surface area (Å²) >= 11 is 0. The fourth-order valence-corrected chi connectivity index (χ4v) is 3.46. The van der Waals surface area contributed by atoms with Gasteiger partial charge in [0.05, 0.1) is 6.42 Å². The van der Waals surface area contributed by atoms with Crippen LogP contribution in [0, 0.1) is 0 Å². The lowest BCUT2D eigenvalue weighted by atomic mass is 9.77. The molecule has 5 amide bonds. The van der Waals surface area contributed by atoms with Gasteiger partial charge in [0.1, 0.15) is 5.54 Å². The molecule has 3 rings (SSSR count). The van der Waals surface area contributed by atoms with E-state index in [-0.39, 0.29) is 43.1 Å². The second-order valence-corrected chi connectivity index (χ2v) is 7.29. The van der Waals surface area contributed by atoms with Crippen LogP contribution >= 0.6 is 0 Å². The molecule has 1 aromatic rings. The standard InChI is InChI=1S/C20H26N4O4/c25-16(8-12-22-17(26)14-15-6-2-1-3-7-15)21-11-5-13-24-18(27)20(9-4-10-20)23-19(24)28/h1-3,6-7H,4-5,8-14H2,(H,21,25)(H,22,26)(H,23,28). The molecule has 2 fully saturated rings. The van der Waals surface area contributed by atoms with Gasteiger partial charge in [-0.1, -0.05) is 30.3 Å².